The first-order valence-corrected chi connectivity index (χ1v) is 5.77. The summed E-state index contributed by atoms with van der Waals surface area (Å²) >= 11 is 5.77. The fourth-order valence-corrected chi connectivity index (χ4v) is 1.37. The number of nitriles is 1. The number of nitrogens with zero attached hydrogens (tertiary/aromatic N) is 1. The van der Waals surface area contributed by atoms with Crippen LogP contribution in [0.1, 0.15) is 19.4 Å². The molecule has 0 radical (unpaired) electrons. The van der Waals surface area contributed by atoms with E-state index in [1.54, 1.807) is 13.8 Å². The van der Waals surface area contributed by atoms with Gasteiger partial charge in [-0.3, -0.25) is 4.79 Å². The largest absolute Gasteiger partial charge is 0.354 e. The molecule has 1 rings (SSSR count). The van der Waals surface area contributed by atoms with Gasteiger partial charge in [-0.1, -0.05) is 23.7 Å². The van der Waals surface area contributed by atoms with Gasteiger partial charge in [-0.15, -0.1) is 0 Å². The minimum atomic E-state index is -0.972. The molecule has 1 aromatic rings. The number of rotatable bonds is 4. The maximum Gasteiger partial charge on any atom is 0.239 e. The van der Waals surface area contributed by atoms with Crippen molar-refractivity contribution < 1.29 is 4.79 Å². The molecule has 0 fully saturated rings. The zero-order valence-corrected chi connectivity index (χ0v) is 10.7. The normalized spacial score (nSPS) is 10.7. The fourth-order valence-electron chi connectivity index (χ4n) is 1.24. The van der Waals surface area contributed by atoms with Crippen molar-refractivity contribution in [1.82, 2.24) is 5.32 Å². The zero-order valence-electron chi connectivity index (χ0n) is 9.96. The Hall–Kier alpha value is -1.53. The summed E-state index contributed by atoms with van der Waals surface area (Å²) in [5.41, 5.74) is 0.129. The second-order valence-electron chi connectivity index (χ2n) is 4.37. The van der Waals surface area contributed by atoms with Crippen LogP contribution in [0.15, 0.2) is 24.3 Å². The molecule has 0 saturated heterocycles. The molecule has 1 amide bonds. The highest BCUT2D eigenvalue weighted by Gasteiger charge is 2.26. The monoisotopic (exact) mass is 250 g/mol. The molecule has 17 heavy (non-hydrogen) atoms. The van der Waals surface area contributed by atoms with Gasteiger partial charge in [-0.2, -0.15) is 5.26 Å². The molecule has 90 valence electrons. The first-order chi connectivity index (χ1) is 7.95. The van der Waals surface area contributed by atoms with Crippen LogP contribution in [0.4, 0.5) is 0 Å². The van der Waals surface area contributed by atoms with Crippen LogP contribution in [0.2, 0.25) is 5.02 Å². The van der Waals surface area contributed by atoms with Crippen LogP contribution in [0.25, 0.3) is 0 Å². The minimum absolute atomic E-state index is 0.242. The van der Waals surface area contributed by atoms with E-state index in [2.05, 4.69) is 5.32 Å². The smallest absolute Gasteiger partial charge is 0.239 e. The third-order valence-corrected chi connectivity index (χ3v) is 2.71. The molecule has 0 aromatic heterocycles. The van der Waals surface area contributed by atoms with Crippen molar-refractivity contribution in [3.63, 3.8) is 0 Å². The molecule has 0 bridgehead atoms. The Morgan fingerprint density at radius 1 is 1.41 bits per heavy atom. The summed E-state index contributed by atoms with van der Waals surface area (Å²) in [4.78, 5) is 11.6. The molecule has 0 saturated carbocycles. The van der Waals surface area contributed by atoms with Gasteiger partial charge in [-0.25, -0.2) is 0 Å². The number of carbonyl (C=O) groups is 1. The van der Waals surface area contributed by atoms with E-state index in [1.165, 1.54) is 0 Å². The van der Waals surface area contributed by atoms with Crippen LogP contribution < -0.4 is 5.32 Å². The van der Waals surface area contributed by atoms with E-state index < -0.39 is 5.41 Å². The van der Waals surface area contributed by atoms with E-state index in [9.17, 15) is 4.79 Å². The molecule has 1 aromatic carbocycles. The van der Waals surface area contributed by atoms with Crippen LogP contribution >= 0.6 is 11.6 Å². The Morgan fingerprint density at radius 3 is 2.53 bits per heavy atom. The van der Waals surface area contributed by atoms with Crippen molar-refractivity contribution in [2.75, 3.05) is 6.54 Å². The minimum Gasteiger partial charge on any atom is -0.354 e. The molecular formula is C13H15ClN2O. The Morgan fingerprint density at radius 2 is 2.00 bits per heavy atom. The summed E-state index contributed by atoms with van der Waals surface area (Å²) in [6.45, 7) is 3.72. The Kier molecular flexibility index (Phi) is 4.53. The second kappa shape index (κ2) is 5.70. The second-order valence-corrected chi connectivity index (χ2v) is 4.81. The van der Waals surface area contributed by atoms with Crippen LogP contribution in [-0.2, 0) is 11.2 Å². The van der Waals surface area contributed by atoms with E-state index >= 15 is 0 Å². The molecule has 3 nitrogen and oxygen atoms in total. The lowest BCUT2D eigenvalue weighted by Crippen LogP contribution is -2.36. The Bertz CT molecular complexity index is 432. The van der Waals surface area contributed by atoms with Gasteiger partial charge >= 0.3 is 0 Å². The van der Waals surface area contributed by atoms with Crippen molar-refractivity contribution in [3.05, 3.63) is 34.9 Å². The van der Waals surface area contributed by atoms with Crippen molar-refractivity contribution in [3.8, 4) is 6.07 Å². The Balaban J connectivity index is 2.41. The standard InChI is InChI=1S/C13H15ClN2O/c1-13(2,9-15)12(17)16-8-7-10-3-5-11(14)6-4-10/h3-6H,7-8H2,1-2H3,(H,16,17). The SMILES string of the molecule is CC(C)(C#N)C(=O)NCCc1ccc(Cl)cc1. The molecule has 0 atom stereocenters. The van der Waals surface area contributed by atoms with E-state index in [4.69, 9.17) is 16.9 Å². The molecule has 0 aliphatic heterocycles. The van der Waals surface area contributed by atoms with Crippen molar-refractivity contribution >= 4 is 17.5 Å². The highest BCUT2D eigenvalue weighted by atomic mass is 35.5. The number of carbonyl (C=O) groups excluding carboxylic acids is 1. The van der Waals surface area contributed by atoms with E-state index in [1.807, 2.05) is 30.3 Å². The number of benzene rings is 1. The number of hydrogen-bond acceptors (Lipinski definition) is 2. The van der Waals surface area contributed by atoms with E-state index in [0.717, 1.165) is 12.0 Å². The first-order valence-electron chi connectivity index (χ1n) is 5.40. The lowest BCUT2D eigenvalue weighted by Gasteiger charge is -2.14. The van der Waals surface area contributed by atoms with Gasteiger partial charge in [0.05, 0.1) is 6.07 Å². The topological polar surface area (TPSA) is 52.9 Å². The molecule has 0 aliphatic rings. The summed E-state index contributed by atoms with van der Waals surface area (Å²) in [7, 11) is 0. The first kappa shape index (κ1) is 13.5. The van der Waals surface area contributed by atoms with Crippen LogP contribution in [0.5, 0.6) is 0 Å². The third-order valence-electron chi connectivity index (χ3n) is 2.46. The summed E-state index contributed by atoms with van der Waals surface area (Å²) in [5.74, 6) is -0.242. The van der Waals surface area contributed by atoms with Gasteiger partial charge in [0.2, 0.25) is 5.91 Å². The summed E-state index contributed by atoms with van der Waals surface area (Å²) in [6.07, 6.45) is 0.727. The van der Waals surface area contributed by atoms with Gasteiger partial charge < -0.3 is 5.32 Å². The van der Waals surface area contributed by atoms with Gasteiger partial charge in [-0.05, 0) is 38.0 Å². The summed E-state index contributed by atoms with van der Waals surface area (Å²) < 4.78 is 0. The maximum absolute atomic E-state index is 11.6. The molecule has 1 N–H and O–H groups in total. The quantitative estimate of drug-likeness (QED) is 0.893. The van der Waals surface area contributed by atoms with Gasteiger partial charge in [0.1, 0.15) is 5.41 Å². The maximum atomic E-state index is 11.6. The number of halogens is 1. The number of amides is 1. The number of hydrogen-bond donors (Lipinski definition) is 1. The van der Waals surface area contributed by atoms with Crippen LogP contribution in [-0.4, -0.2) is 12.5 Å². The summed E-state index contributed by atoms with van der Waals surface area (Å²) in [6, 6.07) is 9.44. The molecule has 0 unspecified atom stereocenters. The summed E-state index contributed by atoms with van der Waals surface area (Å²) in [5, 5.41) is 12.2. The zero-order chi connectivity index (χ0) is 12.9. The van der Waals surface area contributed by atoms with Crippen LogP contribution in [0.3, 0.4) is 0 Å². The average molecular weight is 251 g/mol. The number of nitrogens with one attached hydrogen (secondary N) is 1. The van der Waals surface area contributed by atoms with E-state index in [0.29, 0.717) is 11.6 Å². The molecule has 0 aliphatic carbocycles. The highest BCUT2D eigenvalue weighted by Crippen LogP contribution is 2.13. The van der Waals surface area contributed by atoms with Gasteiger partial charge in [0.25, 0.3) is 0 Å². The predicted octanol–water partition coefficient (Wildman–Crippen LogP) is 2.55. The van der Waals surface area contributed by atoms with Crippen LogP contribution in [0, 0.1) is 16.7 Å². The third kappa shape index (κ3) is 4.08. The Labute approximate surface area is 106 Å². The molecular weight excluding hydrogens is 236 g/mol. The van der Waals surface area contributed by atoms with E-state index in [-0.39, 0.29) is 5.91 Å². The van der Waals surface area contributed by atoms with Crippen molar-refractivity contribution in [2.24, 2.45) is 5.41 Å². The molecule has 0 spiro atoms. The van der Waals surface area contributed by atoms with Gasteiger partial charge in [0, 0.05) is 11.6 Å². The molecule has 0 heterocycles. The average Bonchev–Trinajstić information content (AvgIpc) is 2.31. The lowest BCUT2D eigenvalue weighted by atomic mass is 9.95. The fraction of sp³-hybridized carbons (Fsp3) is 0.385. The lowest BCUT2D eigenvalue weighted by molar-refractivity contribution is -0.126. The molecule has 4 heteroatoms. The highest BCUT2D eigenvalue weighted by molar-refractivity contribution is 6.30. The van der Waals surface area contributed by atoms with Crippen molar-refractivity contribution in [2.45, 2.75) is 20.3 Å². The van der Waals surface area contributed by atoms with Crippen molar-refractivity contribution in [1.29, 1.82) is 5.26 Å². The van der Waals surface area contributed by atoms with Gasteiger partial charge in [0.15, 0.2) is 0 Å². The predicted molar refractivity (Wildman–Crippen MR) is 67.6 cm³/mol.